The fourth-order valence-corrected chi connectivity index (χ4v) is 6.35. The molecular weight excluding hydrogens is 586 g/mol. The van der Waals surface area contributed by atoms with E-state index < -0.39 is 23.8 Å². The van der Waals surface area contributed by atoms with Crippen molar-refractivity contribution in [2.24, 2.45) is 10.9 Å². The molecule has 0 saturated heterocycles. The fourth-order valence-electron chi connectivity index (χ4n) is 6.35. The topological polar surface area (TPSA) is 110 Å². The average Bonchev–Trinajstić information content (AvgIpc) is 3.04. The number of aliphatic imine (C=N–C) groups is 1. The van der Waals surface area contributed by atoms with E-state index in [4.69, 9.17) is 28.7 Å². The number of esters is 2. The smallest absolute Gasteiger partial charge is 0.336 e. The first-order valence-electron chi connectivity index (χ1n) is 15.4. The summed E-state index contributed by atoms with van der Waals surface area (Å²) < 4.78 is 27.9. The molecule has 1 fully saturated rings. The Bertz CT molecular complexity index is 1680. The number of carbonyl (C=O) groups is 3. The van der Waals surface area contributed by atoms with Crippen molar-refractivity contribution in [1.29, 1.82) is 0 Å². The lowest BCUT2D eigenvalue weighted by Crippen LogP contribution is -2.41. The van der Waals surface area contributed by atoms with Gasteiger partial charge in [0, 0.05) is 37.1 Å². The second-order valence-electron chi connectivity index (χ2n) is 11.3. The lowest BCUT2D eigenvalue weighted by Gasteiger charge is -2.38. The SMILES string of the molecule is CCOc1cc([C@@H]2C(C(=O)OCCc3ccccc3)=C(C)N=C3C[C@H](c4ccc(OC)c(OC)c4)CC(=O)C32)ccc1OC(C)=O. The van der Waals surface area contributed by atoms with E-state index in [1.165, 1.54) is 6.92 Å². The lowest BCUT2D eigenvalue weighted by atomic mass is 9.66. The van der Waals surface area contributed by atoms with Gasteiger partial charge in [-0.2, -0.15) is 0 Å². The van der Waals surface area contributed by atoms with Crippen molar-refractivity contribution in [3.8, 4) is 23.0 Å². The molecule has 5 rings (SSSR count). The zero-order chi connectivity index (χ0) is 32.8. The van der Waals surface area contributed by atoms with Crippen molar-refractivity contribution in [2.75, 3.05) is 27.4 Å². The Balaban J connectivity index is 1.53. The molecule has 0 bridgehead atoms. The maximum Gasteiger partial charge on any atom is 0.336 e. The molecule has 1 unspecified atom stereocenters. The van der Waals surface area contributed by atoms with Crippen LogP contribution in [0.15, 0.2) is 83.0 Å². The van der Waals surface area contributed by atoms with Crippen LogP contribution in [-0.2, 0) is 25.5 Å². The van der Waals surface area contributed by atoms with E-state index in [0.29, 0.717) is 59.2 Å². The third-order valence-corrected chi connectivity index (χ3v) is 8.40. The third-order valence-electron chi connectivity index (χ3n) is 8.40. The van der Waals surface area contributed by atoms with Gasteiger partial charge in [-0.3, -0.25) is 14.6 Å². The van der Waals surface area contributed by atoms with Crippen LogP contribution in [0.2, 0.25) is 0 Å². The van der Waals surface area contributed by atoms with E-state index >= 15 is 0 Å². The van der Waals surface area contributed by atoms with Crippen LogP contribution >= 0.6 is 0 Å². The van der Waals surface area contributed by atoms with Crippen molar-refractivity contribution in [1.82, 2.24) is 0 Å². The molecule has 0 aromatic heterocycles. The van der Waals surface area contributed by atoms with Crippen LogP contribution < -0.4 is 18.9 Å². The molecule has 1 heterocycles. The van der Waals surface area contributed by atoms with Gasteiger partial charge in [0.25, 0.3) is 0 Å². The molecule has 1 aliphatic heterocycles. The van der Waals surface area contributed by atoms with Crippen LogP contribution in [0.4, 0.5) is 0 Å². The van der Waals surface area contributed by atoms with Crippen LogP contribution in [0, 0.1) is 5.92 Å². The highest BCUT2D eigenvalue weighted by Crippen LogP contribution is 2.48. The van der Waals surface area contributed by atoms with Crippen LogP contribution in [0.1, 0.15) is 62.1 Å². The zero-order valence-corrected chi connectivity index (χ0v) is 26.8. The van der Waals surface area contributed by atoms with Gasteiger partial charge < -0.3 is 23.7 Å². The molecule has 2 aliphatic rings. The predicted molar refractivity (Wildman–Crippen MR) is 173 cm³/mol. The van der Waals surface area contributed by atoms with Crippen molar-refractivity contribution in [3.05, 3.63) is 94.7 Å². The van der Waals surface area contributed by atoms with E-state index in [0.717, 1.165) is 11.1 Å². The van der Waals surface area contributed by atoms with Gasteiger partial charge in [0.05, 0.1) is 38.9 Å². The van der Waals surface area contributed by atoms with Gasteiger partial charge >= 0.3 is 11.9 Å². The molecule has 3 atom stereocenters. The van der Waals surface area contributed by atoms with E-state index in [9.17, 15) is 14.4 Å². The van der Waals surface area contributed by atoms with Crippen molar-refractivity contribution in [3.63, 3.8) is 0 Å². The Kier molecular flexibility index (Phi) is 10.2. The number of hydrogen-bond acceptors (Lipinski definition) is 9. The summed E-state index contributed by atoms with van der Waals surface area (Å²) in [5.41, 5.74) is 4.21. The molecule has 9 heteroatoms. The number of methoxy groups -OCH3 is 2. The molecule has 0 radical (unpaired) electrons. The summed E-state index contributed by atoms with van der Waals surface area (Å²) in [5, 5.41) is 0. The maximum atomic E-state index is 14.2. The minimum atomic E-state index is -0.675. The standard InChI is InChI=1S/C37H39NO8/c1-6-44-33-21-26(13-15-31(33)46-23(3)39)35-34(37(41)45-17-16-24-10-8-7-9-11-24)22(2)38-28-18-27(19-29(40)36(28)35)25-12-14-30(42-4)32(20-25)43-5/h7-15,20-21,27,35-36H,6,16-19H2,1-5H3/t27-,35+,36?/m0/s1. The number of carbonyl (C=O) groups excluding carboxylic acids is 3. The number of allylic oxidation sites excluding steroid dienone is 1. The molecular formula is C37H39NO8. The van der Waals surface area contributed by atoms with Gasteiger partial charge in [0.1, 0.15) is 5.78 Å². The van der Waals surface area contributed by atoms with E-state index in [1.807, 2.05) is 55.5 Å². The van der Waals surface area contributed by atoms with Gasteiger partial charge in [0.2, 0.25) is 0 Å². The van der Waals surface area contributed by atoms with Crippen LogP contribution in [0.25, 0.3) is 0 Å². The van der Waals surface area contributed by atoms with Crippen LogP contribution in [-0.4, -0.2) is 50.9 Å². The summed E-state index contributed by atoms with van der Waals surface area (Å²) in [4.78, 5) is 44.6. The summed E-state index contributed by atoms with van der Waals surface area (Å²) in [6.07, 6.45) is 1.34. The van der Waals surface area contributed by atoms with Crippen molar-refractivity contribution in [2.45, 2.75) is 51.9 Å². The zero-order valence-electron chi connectivity index (χ0n) is 26.8. The number of nitrogens with zero attached hydrogens (tertiary/aromatic N) is 1. The predicted octanol–water partition coefficient (Wildman–Crippen LogP) is 6.39. The minimum Gasteiger partial charge on any atom is -0.493 e. The van der Waals surface area contributed by atoms with Crippen molar-refractivity contribution >= 4 is 23.4 Å². The largest absolute Gasteiger partial charge is 0.493 e. The quantitative estimate of drug-likeness (QED) is 0.178. The summed E-state index contributed by atoms with van der Waals surface area (Å²) in [7, 11) is 3.16. The molecule has 0 spiro atoms. The number of fused-ring (bicyclic) bond motifs is 1. The third kappa shape index (κ3) is 6.98. The van der Waals surface area contributed by atoms with Gasteiger partial charge in [-0.1, -0.05) is 42.5 Å². The Morgan fingerprint density at radius 1 is 0.848 bits per heavy atom. The Hall–Kier alpha value is -4.92. The fraction of sp³-hybridized carbons (Fsp3) is 0.351. The van der Waals surface area contributed by atoms with Crippen LogP contribution in [0.3, 0.4) is 0 Å². The van der Waals surface area contributed by atoms with Crippen LogP contribution in [0.5, 0.6) is 23.0 Å². The molecule has 1 aliphatic carbocycles. The number of ether oxygens (including phenoxy) is 5. The summed E-state index contributed by atoms with van der Waals surface area (Å²) in [5.74, 6) is -0.685. The Morgan fingerprint density at radius 3 is 2.24 bits per heavy atom. The molecule has 240 valence electrons. The van der Waals surface area contributed by atoms with E-state index in [-0.39, 0.29) is 30.5 Å². The van der Waals surface area contributed by atoms with E-state index in [2.05, 4.69) is 0 Å². The first-order chi connectivity index (χ1) is 22.2. The number of ketones is 1. The molecule has 1 saturated carbocycles. The highest BCUT2D eigenvalue weighted by molar-refractivity contribution is 6.12. The summed E-state index contributed by atoms with van der Waals surface area (Å²) in [6, 6.07) is 20.6. The highest BCUT2D eigenvalue weighted by atomic mass is 16.6. The molecule has 3 aromatic carbocycles. The molecule has 0 amide bonds. The lowest BCUT2D eigenvalue weighted by molar-refractivity contribution is -0.139. The van der Waals surface area contributed by atoms with Gasteiger partial charge in [-0.15, -0.1) is 0 Å². The van der Waals surface area contributed by atoms with Gasteiger partial charge in [-0.25, -0.2) is 4.79 Å². The summed E-state index contributed by atoms with van der Waals surface area (Å²) >= 11 is 0. The monoisotopic (exact) mass is 625 g/mol. The van der Waals surface area contributed by atoms with Gasteiger partial charge in [0.15, 0.2) is 23.0 Å². The Morgan fingerprint density at radius 2 is 1.54 bits per heavy atom. The van der Waals surface area contributed by atoms with E-state index in [1.54, 1.807) is 39.3 Å². The first kappa shape index (κ1) is 32.5. The Labute approximate surface area is 269 Å². The second-order valence-corrected chi connectivity index (χ2v) is 11.3. The molecule has 9 nitrogen and oxygen atoms in total. The first-order valence-corrected chi connectivity index (χ1v) is 15.4. The molecule has 3 aromatic rings. The second kappa shape index (κ2) is 14.5. The number of rotatable bonds is 11. The number of hydrogen-bond donors (Lipinski definition) is 0. The molecule has 46 heavy (non-hydrogen) atoms. The summed E-state index contributed by atoms with van der Waals surface area (Å²) in [6.45, 7) is 5.43. The normalized spacial score (nSPS) is 19.1. The maximum absolute atomic E-state index is 14.2. The highest BCUT2D eigenvalue weighted by Gasteiger charge is 2.46. The number of benzene rings is 3. The minimum absolute atomic E-state index is 0.0288. The van der Waals surface area contributed by atoms with Gasteiger partial charge in [-0.05, 0) is 67.1 Å². The molecule has 0 N–H and O–H groups in total. The van der Waals surface area contributed by atoms with Crippen molar-refractivity contribution < 1.29 is 38.1 Å². The average molecular weight is 626 g/mol. The number of Topliss-reactive ketones (excluding diaryl/α,β-unsaturated/α-hetero) is 1.